The van der Waals surface area contributed by atoms with E-state index in [9.17, 15) is 10.2 Å². The summed E-state index contributed by atoms with van der Waals surface area (Å²) in [5.74, 6) is 1.32. The topological polar surface area (TPSA) is 130 Å². The number of ether oxygens (including phenoxy) is 2. The number of aliphatic hydroxyl groups excluding tert-OH is 2. The van der Waals surface area contributed by atoms with E-state index in [4.69, 9.17) is 19.4 Å². The van der Waals surface area contributed by atoms with Crippen LogP contribution in [0.3, 0.4) is 0 Å². The van der Waals surface area contributed by atoms with Crippen molar-refractivity contribution in [3.63, 3.8) is 0 Å². The number of piperidine rings is 1. The molecule has 0 amide bonds. The van der Waals surface area contributed by atoms with Crippen LogP contribution in [0.5, 0.6) is 0 Å². The van der Waals surface area contributed by atoms with Crippen LogP contribution in [0.1, 0.15) is 41.9 Å². The van der Waals surface area contributed by atoms with Gasteiger partial charge in [-0.25, -0.2) is 15.0 Å². The first kappa shape index (κ1) is 29.6. The van der Waals surface area contributed by atoms with Gasteiger partial charge in [0.25, 0.3) is 0 Å². The predicted molar refractivity (Wildman–Crippen MR) is 164 cm³/mol. The molecule has 0 aliphatic carbocycles. The van der Waals surface area contributed by atoms with Crippen molar-refractivity contribution in [2.24, 2.45) is 0 Å². The van der Waals surface area contributed by atoms with E-state index < -0.39 is 24.5 Å². The van der Waals surface area contributed by atoms with Gasteiger partial charge in [0.2, 0.25) is 0 Å². The summed E-state index contributed by atoms with van der Waals surface area (Å²) in [5.41, 5.74) is 3.50. The van der Waals surface area contributed by atoms with E-state index in [-0.39, 0.29) is 12.5 Å². The van der Waals surface area contributed by atoms with Crippen LogP contribution in [0.25, 0.3) is 11.2 Å². The summed E-state index contributed by atoms with van der Waals surface area (Å²) in [6.07, 6.45) is -0.0451. The van der Waals surface area contributed by atoms with E-state index in [1.54, 1.807) is 10.9 Å². The van der Waals surface area contributed by atoms with Crippen molar-refractivity contribution >= 4 is 17.0 Å². The van der Waals surface area contributed by atoms with Crippen molar-refractivity contribution in [1.82, 2.24) is 29.7 Å². The van der Waals surface area contributed by atoms with Gasteiger partial charge < -0.3 is 35.2 Å². The number of aromatic nitrogens is 4. The van der Waals surface area contributed by atoms with E-state index in [0.29, 0.717) is 41.9 Å². The number of nitrogens with zero attached hydrogens (tertiary/aromatic N) is 5. The molecule has 0 radical (unpaired) electrons. The summed E-state index contributed by atoms with van der Waals surface area (Å²) < 4.78 is 12.9. The quantitative estimate of drug-likeness (QED) is 0.208. The highest BCUT2D eigenvalue weighted by Crippen LogP contribution is 2.33. The van der Waals surface area contributed by atoms with Crippen LogP contribution in [0.2, 0.25) is 0 Å². The zero-order valence-electron chi connectivity index (χ0n) is 24.7. The molecule has 2 aromatic heterocycles. The Morgan fingerprint density at radius 3 is 2.30 bits per heavy atom. The van der Waals surface area contributed by atoms with Crippen LogP contribution in [0.4, 0.5) is 5.82 Å². The molecule has 4 aromatic rings. The van der Waals surface area contributed by atoms with Crippen molar-refractivity contribution in [1.29, 1.82) is 0 Å². The number of methoxy groups -OCH3 is 1. The Balaban J connectivity index is 1.32. The lowest BCUT2D eigenvalue weighted by atomic mass is 9.91. The predicted octanol–water partition coefficient (Wildman–Crippen LogP) is 2.52. The zero-order chi connectivity index (χ0) is 29.8. The number of hydrogen-bond donors (Lipinski definition) is 4. The van der Waals surface area contributed by atoms with Crippen LogP contribution in [0, 0.1) is 0 Å². The maximum atomic E-state index is 10.9. The minimum Gasteiger partial charge on any atom is -0.387 e. The number of rotatable bonds is 11. The zero-order valence-corrected chi connectivity index (χ0v) is 24.7. The molecule has 0 spiro atoms. The minimum absolute atomic E-state index is 0.0836. The smallest absolute Gasteiger partial charge is 0.168 e. The third-order valence-corrected chi connectivity index (χ3v) is 8.55. The average Bonchev–Trinajstić information content (AvgIpc) is 3.58. The van der Waals surface area contributed by atoms with E-state index in [1.165, 1.54) is 18.2 Å². The number of anilines is 1. The van der Waals surface area contributed by atoms with Crippen molar-refractivity contribution in [2.75, 3.05) is 45.7 Å². The van der Waals surface area contributed by atoms with Crippen LogP contribution in [-0.4, -0.2) is 99.4 Å². The molecule has 6 rings (SSSR count). The highest BCUT2D eigenvalue weighted by atomic mass is 16.6. The Morgan fingerprint density at radius 2 is 1.65 bits per heavy atom. The van der Waals surface area contributed by atoms with Crippen molar-refractivity contribution in [2.45, 2.75) is 55.9 Å². The largest absolute Gasteiger partial charge is 0.387 e. The lowest BCUT2D eigenvalue weighted by molar-refractivity contribution is -0.0580. The molecule has 2 saturated heterocycles. The first-order valence-corrected chi connectivity index (χ1v) is 15.0. The lowest BCUT2D eigenvalue weighted by Gasteiger charge is -2.29. The number of hydrogen-bond acceptors (Lipinski definition) is 10. The molecule has 0 unspecified atom stereocenters. The van der Waals surface area contributed by atoms with Gasteiger partial charge in [0.15, 0.2) is 23.2 Å². The van der Waals surface area contributed by atoms with Crippen molar-refractivity contribution in [3.05, 3.63) is 83.9 Å². The molecule has 4 N–H and O–H groups in total. The second kappa shape index (κ2) is 13.5. The number of aliphatic hydroxyl groups is 2. The molecule has 11 heteroatoms. The number of imidazole rings is 1. The highest BCUT2D eigenvalue weighted by Gasteiger charge is 2.44. The van der Waals surface area contributed by atoms with E-state index in [0.717, 1.165) is 25.9 Å². The monoisotopic (exact) mass is 587 g/mol. The Morgan fingerprint density at radius 1 is 0.977 bits per heavy atom. The first-order chi connectivity index (χ1) is 21.0. The lowest BCUT2D eigenvalue weighted by Crippen LogP contribution is -2.40. The standard InChI is InChI=1S/C32H41N7O4/c1-38-15-13-23(14-16-38)33-18-26-36-30(34-17-24(21-9-5-3-6-10-21)22-11-7-4-8-12-22)27-31(37-26)39(20-35-27)32-29(41)28(40)25(43-32)19-42-2/h3-12,20,23-25,28-29,32-33,40-41H,13-19H2,1-2H3,(H,34,36,37)/t25-,28-,29-,32-/m1/s1. The van der Waals surface area contributed by atoms with E-state index in [1.807, 2.05) is 12.1 Å². The number of nitrogens with one attached hydrogen (secondary N) is 2. The summed E-state index contributed by atoms with van der Waals surface area (Å²) in [5, 5.41) is 28.7. The van der Waals surface area contributed by atoms with Gasteiger partial charge >= 0.3 is 0 Å². The van der Waals surface area contributed by atoms with Crippen LogP contribution in [-0.2, 0) is 16.0 Å². The first-order valence-electron chi connectivity index (χ1n) is 15.0. The molecule has 228 valence electrons. The molecule has 2 aliphatic heterocycles. The molecule has 4 atom stereocenters. The van der Waals surface area contributed by atoms with Gasteiger partial charge in [0.1, 0.15) is 24.1 Å². The van der Waals surface area contributed by atoms with Crippen LogP contribution >= 0.6 is 0 Å². The molecule has 2 aromatic carbocycles. The molecule has 0 saturated carbocycles. The van der Waals surface area contributed by atoms with Gasteiger partial charge in [-0.2, -0.15) is 0 Å². The van der Waals surface area contributed by atoms with Crippen LogP contribution < -0.4 is 10.6 Å². The Labute approximate surface area is 251 Å². The summed E-state index contributed by atoms with van der Waals surface area (Å²) in [7, 11) is 3.69. The second-order valence-electron chi connectivity index (χ2n) is 11.5. The fourth-order valence-corrected chi connectivity index (χ4v) is 6.06. The highest BCUT2D eigenvalue weighted by molar-refractivity contribution is 5.83. The molecule has 0 bridgehead atoms. The minimum atomic E-state index is -1.16. The molecular weight excluding hydrogens is 546 g/mol. The summed E-state index contributed by atoms with van der Waals surface area (Å²) >= 11 is 0. The van der Waals surface area contributed by atoms with E-state index in [2.05, 4.69) is 76.1 Å². The second-order valence-corrected chi connectivity index (χ2v) is 11.5. The van der Waals surface area contributed by atoms with Crippen molar-refractivity contribution < 1.29 is 19.7 Å². The van der Waals surface area contributed by atoms with E-state index >= 15 is 0 Å². The number of fused-ring (bicyclic) bond motifs is 1. The molecule has 2 aliphatic rings. The summed E-state index contributed by atoms with van der Waals surface area (Å²) in [4.78, 5) is 16.8. The fraction of sp³-hybridized carbons (Fsp3) is 0.469. The molecule has 43 heavy (non-hydrogen) atoms. The SMILES string of the molecule is COC[C@H]1O[C@@H](n2cnc3c(NCC(c4ccccc4)c4ccccc4)nc(CNC4CCN(C)CC4)nc32)[C@H](O)[C@@H]1O. The average molecular weight is 588 g/mol. The maximum Gasteiger partial charge on any atom is 0.168 e. The van der Waals surface area contributed by atoms with Gasteiger partial charge in [-0.15, -0.1) is 0 Å². The van der Waals surface area contributed by atoms with Gasteiger partial charge in [-0.05, 0) is 44.1 Å². The third-order valence-electron chi connectivity index (χ3n) is 8.55. The normalized spacial score (nSPS) is 23.4. The maximum absolute atomic E-state index is 10.9. The van der Waals surface area contributed by atoms with Gasteiger partial charge in [-0.3, -0.25) is 4.57 Å². The molecular formula is C32H41N7O4. The van der Waals surface area contributed by atoms with Crippen molar-refractivity contribution in [3.8, 4) is 0 Å². The Hall–Kier alpha value is -3.45. The molecule has 11 nitrogen and oxygen atoms in total. The Kier molecular flexibility index (Phi) is 9.27. The third kappa shape index (κ3) is 6.57. The molecule has 2 fully saturated rings. The number of benzene rings is 2. The Bertz CT molecular complexity index is 1420. The van der Waals surface area contributed by atoms with Gasteiger partial charge in [0, 0.05) is 25.6 Å². The fourth-order valence-electron chi connectivity index (χ4n) is 6.06. The molecule has 4 heterocycles. The number of likely N-dealkylation sites (tertiary alicyclic amines) is 1. The van der Waals surface area contributed by atoms with Gasteiger partial charge in [0.05, 0.1) is 19.5 Å². The van der Waals surface area contributed by atoms with Gasteiger partial charge in [-0.1, -0.05) is 60.7 Å². The summed E-state index contributed by atoms with van der Waals surface area (Å²) in [6, 6.07) is 21.2. The summed E-state index contributed by atoms with van der Waals surface area (Å²) in [6.45, 7) is 3.36. The van der Waals surface area contributed by atoms with Crippen LogP contribution in [0.15, 0.2) is 67.0 Å².